The van der Waals surface area contributed by atoms with Crippen LogP contribution in [0, 0.1) is 0 Å². The predicted molar refractivity (Wildman–Crippen MR) is 253 cm³/mol. The standard InChI is InChI=1S/C58H46N2/c1-41-56(53-37-50(43-22-10-3-11-23-43)36-51(38-53)46-34-32-45(33-35-46)42-20-8-2-9-21-42)59-58(49-30-18-7-19-31-49)60(41)57-54(47-26-14-5-15-27-47)39-52(44-24-12-4-13-25-44)40-55(57)48-28-16-6-17-29-48/h2-41,56,58-59H,1H3. The van der Waals surface area contributed by atoms with Gasteiger partial charge >= 0.3 is 0 Å². The topological polar surface area (TPSA) is 15.3 Å². The molecule has 3 atom stereocenters. The summed E-state index contributed by atoms with van der Waals surface area (Å²) in [6.07, 6.45) is -0.104. The summed E-state index contributed by atoms with van der Waals surface area (Å²) < 4.78 is 0. The summed E-state index contributed by atoms with van der Waals surface area (Å²) in [6, 6.07) is 86.1. The SMILES string of the molecule is CC1C(c2cc(-c3ccccc3)cc(-c3ccc(-c4ccccc4)cc3)c2)NC(c2ccccc2)N1c1c(-c2ccccc2)cc(-c2ccccc2)cc1-c1ccccc1. The summed E-state index contributed by atoms with van der Waals surface area (Å²) in [5, 5.41) is 4.24. The zero-order valence-electron chi connectivity index (χ0n) is 33.7. The van der Waals surface area contributed by atoms with E-state index in [-0.39, 0.29) is 18.2 Å². The van der Waals surface area contributed by atoms with Crippen molar-refractivity contribution >= 4 is 5.69 Å². The Morgan fingerprint density at radius 2 is 0.650 bits per heavy atom. The molecule has 1 aliphatic rings. The zero-order valence-corrected chi connectivity index (χ0v) is 33.7. The van der Waals surface area contributed by atoms with Crippen molar-refractivity contribution in [2.24, 2.45) is 0 Å². The summed E-state index contributed by atoms with van der Waals surface area (Å²) in [5.74, 6) is 0. The number of nitrogens with one attached hydrogen (secondary N) is 1. The van der Waals surface area contributed by atoms with Crippen LogP contribution in [0.15, 0.2) is 237 Å². The lowest BCUT2D eigenvalue weighted by molar-refractivity contribution is 0.559. The molecule has 0 bridgehead atoms. The first-order chi connectivity index (χ1) is 29.7. The molecule has 288 valence electrons. The van der Waals surface area contributed by atoms with Gasteiger partial charge in [-0.2, -0.15) is 0 Å². The molecule has 0 amide bonds. The average molecular weight is 771 g/mol. The van der Waals surface area contributed by atoms with Crippen molar-refractivity contribution in [2.45, 2.75) is 25.2 Å². The van der Waals surface area contributed by atoms with Gasteiger partial charge in [-0.05, 0) is 104 Å². The molecule has 2 nitrogen and oxygen atoms in total. The van der Waals surface area contributed by atoms with Crippen LogP contribution in [0.1, 0.15) is 30.3 Å². The highest BCUT2D eigenvalue weighted by atomic mass is 15.4. The first-order valence-electron chi connectivity index (χ1n) is 21.0. The van der Waals surface area contributed by atoms with Crippen molar-refractivity contribution < 1.29 is 0 Å². The minimum absolute atomic E-state index is 0.00209. The summed E-state index contributed by atoms with van der Waals surface area (Å²) in [5.41, 5.74) is 18.2. The fourth-order valence-corrected chi connectivity index (χ4v) is 9.05. The average Bonchev–Trinajstić information content (AvgIpc) is 3.68. The Morgan fingerprint density at radius 1 is 0.317 bits per heavy atom. The van der Waals surface area contributed by atoms with Crippen molar-refractivity contribution in [1.29, 1.82) is 0 Å². The molecule has 9 aromatic carbocycles. The number of rotatable bonds is 9. The molecule has 3 unspecified atom stereocenters. The Bertz CT molecular complexity index is 2760. The van der Waals surface area contributed by atoms with Gasteiger partial charge in [-0.15, -0.1) is 0 Å². The summed E-state index contributed by atoms with van der Waals surface area (Å²) >= 11 is 0. The fourth-order valence-electron chi connectivity index (χ4n) is 9.05. The maximum absolute atomic E-state index is 4.24. The second-order valence-electron chi connectivity index (χ2n) is 15.8. The lowest BCUT2D eigenvalue weighted by Crippen LogP contribution is -2.33. The molecule has 0 aromatic heterocycles. The first-order valence-corrected chi connectivity index (χ1v) is 21.0. The minimum atomic E-state index is -0.104. The lowest BCUT2D eigenvalue weighted by Gasteiger charge is -2.35. The van der Waals surface area contributed by atoms with Crippen LogP contribution in [0.4, 0.5) is 5.69 Å². The maximum Gasteiger partial charge on any atom is 0.107 e. The molecule has 1 saturated heterocycles. The van der Waals surface area contributed by atoms with Gasteiger partial charge in [0.2, 0.25) is 0 Å². The number of hydrogen-bond acceptors (Lipinski definition) is 2. The molecule has 1 N–H and O–H groups in total. The summed E-state index contributed by atoms with van der Waals surface area (Å²) in [7, 11) is 0. The summed E-state index contributed by atoms with van der Waals surface area (Å²) in [6.45, 7) is 2.40. The highest BCUT2D eigenvalue weighted by molar-refractivity contribution is 5.96. The van der Waals surface area contributed by atoms with Gasteiger partial charge in [0.1, 0.15) is 6.17 Å². The smallest absolute Gasteiger partial charge is 0.107 e. The molecular formula is C58H46N2. The highest BCUT2D eigenvalue weighted by Crippen LogP contribution is 2.50. The Hall–Kier alpha value is -7.26. The molecule has 1 aliphatic heterocycles. The molecule has 60 heavy (non-hydrogen) atoms. The van der Waals surface area contributed by atoms with Gasteiger partial charge in [-0.3, -0.25) is 5.32 Å². The van der Waals surface area contributed by atoms with E-state index in [2.05, 4.69) is 254 Å². The van der Waals surface area contributed by atoms with Crippen molar-refractivity contribution in [2.75, 3.05) is 4.90 Å². The molecule has 2 heteroatoms. The lowest BCUT2D eigenvalue weighted by atomic mass is 9.88. The Morgan fingerprint density at radius 3 is 1.08 bits per heavy atom. The highest BCUT2D eigenvalue weighted by Gasteiger charge is 2.42. The largest absolute Gasteiger partial charge is 0.346 e. The second kappa shape index (κ2) is 16.5. The van der Waals surface area contributed by atoms with Crippen molar-refractivity contribution in [1.82, 2.24) is 5.32 Å². The normalized spacial score (nSPS) is 16.1. The van der Waals surface area contributed by atoms with E-state index in [0.717, 1.165) is 0 Å². The zero-order chi connectivity index (χ0) is 40.3. The van der Waals surface area contributed by atoms with E-state index >= 15 is 0 Å². The van der Waals surface area contributed by atoms with E-state index in [1.165, 1.54) is 83.6 Å². The van der Waals surface area contributed by atoms with Gasteiger partial charge < -0.3 is 4.90 Å². The Kier molecular flexibility index (Phi) is 10.2. The predicted octanol–water partition coefficient (Wildman–Crippen LogP) is 14.9. The van der Waals surface area contributed by atoms with E-state index < -0.39 is 0 Å². The van der Waals surface area contributed by atoms with Crippen LogP contribution in [0.2, 0.25) is 0 Å². The number of benzene rings is 9. The molecule has 9 aromatic rings. The number of hydrogen-bond donors (Lipinski definition) is 1. The molecule has 0 saturated carbocycles. The summed E-state index contributed by atoms with van der Waals surface area (Å²) in [4.78, 5) is 2.67. The van der Waals surface area contributed by atoms with Crippen LogP contribution in [0.5, 0.6) is 0 Å². The van der Waals surface area contributed by atoms with Crippen LogP contribution < -0.4 is 10.2 Å². The number of nitrogens with zero attached hydrogens (tertiary/aromatic N) is 1. The third-order valence-corrected chi connectivity index (χ3v) is 12.0. The van der Waals surface area contributed by atoms with Crippen molar-refractivity contribution in [3.63, 3.8) is 0 Å². The first kappa shape index (κ1) is 37.0. The molecule has 1 heterocycles. The van der Waals surface area contributed by atoms with E-state index in [1.807, 2.05) is 0 Å². The van der Waals surface area contributed by atoms with Gasteiger partial charge in [-0.25, -0.2) is 0 Å². The minimum Gasteiger partial charge on any atom is -0.346 e. The van der Waals surface area contributed by atoms with Crippen molar-refractivity contribution in [3.05, 3.63) is 248 Å². The van der Waals surface area contributed by atoms with Gasteiger partial charge in [-0.1, -0.05) is 206 Å². The molecular weight excluding hydrogens is 725 g/mol. The Labute approximate surface area is 354 Å². The van der Waals surface area contributed by atoms with Gasteiger partial charge in [0.25, 0.3) is 0 Å². The molecule has 0 aliphatic carbocycles. The van der Waals surface area contributed by atoms with Gasteiger partial charge in [0.15, 0.2) is 0 Å². The molecule has 0 spiro atoms. The molecule has 1 fully saturated rings. The van der Waals surface area contributed by atoms with Crippen LogP contribution in [-0.4, -0.2) is 6.04 Å². The quantitative estimate of drug-likeness (QED) is 0.157. The van der Waals surface area contributed by atoms with Gasteiger partial charge in [0.05, 0.1) is 11.7 Å². The van der Waals surface area contributed by atoms with Gasteiger partial charge in [0, 0.05) is 17.2 Å². The fraction of sp³-hybridized carbons (Fsp3) is 0.0690. The molecule has 0 radical (unpaired) electrons. The van der Waals surface area contributed by atoms with Crippen LogP contribution in [0.3, 0.4) is 0 Å². The monoisotopic (exact) mass is 770 g/mol. The van der Waals surface area contributed by atoms with E-state index in [1.54, 1.807) is 0 Å². The molecule has 10 rings (SSSR count). The Balaban J connectivity index is 1.17. The van der Waals surface area contributed by atoms with Crippen LogP contribution >= 0.6 is 0 Å². The third kappa shape index (κ3) is 7.34. The number of anilines is 1. The van der Waals surface area contributed by atoms with E-state index in [0.29, 0.717) is 0 Å². The third-order valence-electron chi connectivity index (χ3n) is 12.0. The van der Waals surface area contributed by atoms with E-state index in [9.17, 15) is 0 Å². The van der Waals surface area contributed by atoms with E-state index in [4.69, 9.17) is 0 Å². The second-order valence-corrected chi connectivity index (χ2v) is 15.8. The maximum atomic E-state index is 4.24. The van der Waals surface area contributed by atoms with Crippen LogP contribution in [0.25, 0.3) is 66.8 Å². The van der Waals surface area contributed by atoms with Crippen molar-refractivity contribution in [3.8, 4) is 66.8 Å². The van der Waals surface area contributed by atoms with Crippen LogP contribution in [-0.2, 0) is 0 Å².